The molecule has 0 bridgehead atoms. The number of hydrogen-bond donors (Lipinski definition) is 0. The highest BCUT2D eigenvalue weighted by Gasteiger charge is 2.61. The van der Waals surface area contributed by atoms with E-state index in [1.165, 1.54) is 54.1 Å². The first kappa shape index (κ1) is 51.0. The van der Waals surface area contributed by atoms with Crippen molar-refractivity contribution in [2.75, 3.05) is 13.2 Å². The molecule has 0 spiro atoms. The lowest BCUT2D eigenvalue weighted by molar-refractivity contribution is -0.171. The molecule has 0 radical (unpaired) electrons. The van der Waals surface area contributed by atoms with Gasteiger partial charge >= 0.3 is 11.9 Å². The van der Waals surface area contributed by atoms with Crippen LogP contribution in [0, 0.1) is 11.8 Å². The normalized spacial score (nSPS) is 17.8. The monoisotopic (exact) mass is 945 g/mol. The van der Waals surface area contributed by atoms with Gasteiger partial charge in [0.25, 0.3) is 0 Å². The van der Waals surface area contributed by atoms with Gasteiger partial charge < -0.3 is 9.47 Å². The van der Waals surface area contributed by atoms with Crippen LogP contribution in [0.4, 0.5) is 0 Å². The van der Waals surface area contributed by atoms with Crippen molar-refractivity contribution in [2.24, 2.45) is 11.8 Å². The second-order valence-corrected chi connectivity index (χ2v) is 27.0. The van der Waals surface area contributed by atoms with E-state index in [4.69, 9.17) is 9.47 Å². The summed E-state index contributed by atoms with van der Waals surface area (Å²) in [6.45, 7) is 31.2. The Hall–Kier alpha value is -4.88. The molecule has 0 unspecified atom stereocenters. The molecule has 4 nitrogen and oxygen atoms in total. The van der Waals surface area contributed by atoms with E-state index in [1.807, 2.05) is 13.8 Å². The molecule has 7 rings (SSSR count). The predicted molar refractivity (Wildman–Crippen MR) is 291 cm³/mol. The van der Waals surface area contributed by atoms with Crippen molar-refractivity contribution in [1.29, 1.82) is 0 Å². The number of rotatable bonds is 12. The van der Waals surface area contributed by atoms with Gasteiger partial charge in [0.2, 0.25) is 0 Å². The fraction of sp³-hybridized carbons (Fsp3) is 0.387. The molecule has 1 saturated carbocycles. The zero-order chi connectivity index (χ0) is 49.3. The van der Waals surface area contributed by atoms with Gasteiger partial charge in [0, 0.05) is 11.8 Å². The van der Waals surface area contributed by atoms with Crippen molar-refractivity contribution in [3.05, 3.63) is 179 Å². The molecule has 6 heteroatoms. The molecule has 0 heterocycles. The van der Waals surface area contributed by atoms with E-state index < -0.39 is 27.7 Å². The Morgan fingerprint density at radius 2 is 0.618 bits per heavy atom. The number of esters is 2. The molecule has 0 N–H and O–H groups in total. The summed E-state index contributed by atoms with van der Waals surface area (Å²) in [6, 6.07) is 54.1. The molecule has 4 atom stereocenters. The lowest BCUT2D eigenvalue weighted by atomic mass is 9.52. The molecule has 0 aliphatic heterocycles. The van der Waals surface area contributed by atoms with E-state index in [9.17, 15) is 9.59 Å². The third kappa shape index (κ3) is 10.8. The number of benzene rings is 6. The second-order valence-electron chi connectivity index (χ2n) is 22.6. The van der Waals surface area contributed by atoms with Crippen LogP contribution in [0.5, 0.6) is 0 Å². The van der Waals surface area contributed by atoms with Crippen molar-refractivity contribution >= 4 is 59.6 Å². The van der Waals surface area contributed by atoms with Crippen LogP contribution >= 0.6 is 15.8 Å². The first-order chi connectivity index (χ1) is 32.0. The molecular formula is C62H74O4P2. The molecular weight excluding hydrogens is 871 g/mol. The summed E-state index contributed by atoms with van der Waals surface area (Å²) < 4.78 is 11.9. The van der Waals surface area contributed by atoms with Crippen molar-refractivity contribution in [2.45, 2.75) is 130 Å². The van der Waals surface area contributed by atoms with Gasteiger partial charge in [-0.3, -0.25) is 9.59 Å². The van der Waals surface area contributed by atoms with Gasteiger partial charge in [-0.2, -0.15) is 0 Å². The summed E-state index contributed by atoms with van der Waals surface area (Å²) in [4.78, 5) is 29.3. The van der Waals surface area contributed by atoms with Crippen LogP contribution in [0.1, 0.15) is 142 Å². The van der Waals surface area contributed by atoms with E-state index in [0.717, 1.165) is 11.1 Å². The first-order valence-electron chi connectivity index (χ1n) is 24.6. The Kier molecular flexibility index (Phi) is 15.2. The van der Waals surface area contributed by atoms with E-state index in [1.54, 1.807) is 0 Å². The van der Waals surface area contributed by atoms with Gasteiger partial charge in [-0.15, -0.1) is 0 Å². The van der Waals surface area contributed by atoms with Gasteiger partial charge in [0.15, 0.2) is 0 Å². The molecule has 1 aliphatic rings. The lowest BCUT2D eigenvalue weighted by Crippen LogP contribution is -2.54. The summed E-state index contributed by atoms with van der Waals surface area (Å²) in [5.74, 6) is -2.97. The third-order valence-electron chi connectivity index (χ3n) is 13.7. The minimum Gasteiger partial charge on any atom is -0.466 e. The highest BCUT2D eigenvalue weighted by molar-refractivity contribution is 7.80. The van der Waals surface area contributed by atoms with Gasteiger partial charge in [-0.1, -0.05) is 229 Å². The average molecular weight is 945 g/mol. The quantitative estimate of drug-likeness (QED) is 0.0906. The number of carbonyl (C=O) groups excluding carboxylic acids is 2. The Labute approximate surface area is 411 Å². The van der Waals surface area contributed by atoms with Crippen LogP contribution in [0.15, 0.2) is 146 Å². The van der Waals surface area contributed by atoms with E-state index >= 15 is 0 Å². The molecule has 0 aromatic heterocycles. The van der Waals surface area contributed by atoms with Crippen molar-refractivity contribution in [3.8, 4) is 0 Å². The molecule has 0 saturated heterocycles. The number of ether oxygens (including phenoxy) is 2. The van der Waals surface area contributed by atoms with Crippen LogP contribution in [-0.4, -0.2) is 25.2 Å². The topological polar surface area (TPSA) is 52.6 Å². The van der Waals surface area contributed by atoms with Crippen molar-refractivity contribution in [1.82, 2.24) is 0 Å². The molecule has 6 aromatic rings. The Balaban J connectivity index is 1.48. The van der Waals surface area contributed by atoms with Crippen LogP contribution in [0.3, 0.4) is 0 Å². The second kappa shape index (κ2) is 20.2. The standard InChI is InChI=1S/C62H74O4P2/c1-15-65-57(63)55-53(49-21-17-19-23-51(49)67(45-33-25-41(26-34-45)59(3,4)5)46-35-27-42(28-36-46)60(6,7)8)54(56(55)58(64)66-16-2)50-22-18-20-24-52(50)68(47-37-29-43(30-38-47)61(9,10)11)48-39-31-44(32-40-48)62(12,13)14/h17-40,53-56H,15-16H2,1-14H3/t53-,54-,55-,56-/m1/s1. The van der Waals surface area contributed by atoms with E-state index in [-0.39, 0.29) is 58.6 Å². The SMILES string of the molecule is CCOC(=O)[C@H]1[C@H](C(=O)OCC)[C@H](c2ccccc2P(c2ccc(C(C)(C)C)cc2)c2ccc(C(C)(C)C)cc2)[C@H]1c1ccccc1P(c1ccc(C(C)(C)C)cc1)c1ccc(C(C)(C)C)cc1. The summed E-state index contributed by atoms with van der Waals surface area (Å²) in [6.07, 6.45) is 0. The maximum absolute atomic E-state index is 14.7. The first-order valence-corrected chi connectivity index (χ1v) is 27.3. The minimum absolute atomic E-state index is 0.00225. The molecule has 1 fully saturated rings. The number of carbonyl (C=O) groups is 2. The lowest BCUT2D eigenvalue weighted by Gasteiger charge is -2.51. The van der Waals surface area contributed by atoms with Crippen LogP contribution in [-0.2, 0) is 40.7 Å². The van der Waals surface area contributed by atoms with Crippen LogP contribution in [0.25, 0.3) is 0 Å². The predicted octanol–water partition coefficient (Wildman–Crippen LogP) is 12.6. The van der Waals surface area contributed by atoms with E-state index in [0.29, 0.717) is 0 Å². The summed E-state index contributed by atoms with van der Waals surface area (Å²) in [7, 11) is -2.24. The Morgan fingerprint density at radius 3 is 0.838 bits per heavy atom. The fourth-order valence-corrected chi connectivity index (χ4v) is 14.8. The highest BCUT2D eigenvalue weighted by atomic mass is 31.1. The van der Waals surface area contributed by atoms with E-state index in [2.05, 4.69) is 229 Å². The molecule has 1 aliphatic carbocycles. The van der Waals surface area contributed by atoms with Gasteiger partial charge in [-0.25, -0.2) is 0 Å². The van der Waals surface area contributed by atoms with Crippen molar-refractivity contribution in [3.63, 3.8) is 0 Å². The van der Waals surface area contributed by atoms with Gasteiger partial charge in [-0.05, 0) is 117 Å². The van der Waals surface area contributed by atoms with Crippen LogP contribution < -0.4 is 31.8 Å². The largest absolute Gasteiger partial charge is 0.466 e. The molecule has 68 heavy (non-hydrogen) atoms. The molecule has 6 aromatic carbocycles. The zero-order valence-corrected chi connectivity index (χ0v) is 44.9. The Bertz CT molecular complexity index is 2370. The molecule has 0 amide bonds. The smallest absolute Gasteiger partial charge is 0.310 e. The fourth-order valence-electron chi connectivity index (χ4n) is 9.83. The highest BCUT2D eigenvalue weighted by Crippen LogP contribution is 2.60. The van der Waals surface area contributed by atoms with Gasteiger partial charge in [0.05, 0.1) is 25.0 Å². The Morgan fingerprint density at radius 1 is 0.382 bits per heavy atom. The minimum atomic E-state index is -1.12. The average Bonchev–Trinajstić information content (AvgIpc) is 3.27. The van der Waals surface area contributed by atoms with Crippen molar-refractivity contribution < 1.29 is 19.1 Å². The summed E-state index contributed by atoms with van der Waals surface area (Å²) in [5, 5.41) is 7.28. The number of hydrogen-bond acceptors (Lipinski definition) is 4. The third-order valence-corrected chi connectivity index (χ3v) is 18.7. The van der Waals surface area contributed by atoms with Gasteiger partial charge in [0.1, 0.15) is 0 Å². The summed E-state index contributed by atoms with van der Waals surface area (Å²) in [5.41, 5.74) is 7.25. The zero-order valence-electron chi connectivity index (χ0n) is 43.1. The molecule has 356 valence electrons. The maximum atomic E-state index is 14.7. The maximum Gasteiger partial charge on any atom is 0.310 e. The van der Waals surface area contributed by atoms with Crippen LogP contribution in [0.2, 0.25) is 0 Å². The summed E-state index contributed by atoms with van der Waals surface area (Å²) >= 11 is 0.